The Bertz CT molecular complexity index is 1010. The van der Waals surface area contributed by atoms with E-state index in [0.717, 1.165) is 40.9 Å². The van der Waals surface area contributed by atoms with E-state index in [1.807, 2.05) is 12.1 Å². The fourth-order valence-electron chi connectivity index (χ4n) is 2.52. The summed E-state index contributed by atoms with van der Waals surface area (Å²) < 4.78 is 67.8. The Balaban J connectivity index is 1.90. The Morgan fingerprint density at radius 1 is 1.04 bits per heavy atom. The number of halogens is 5. The van der Waals surface area contributed by atoms with Crippen LogP contribution in [-0.4, -0.2) is 10.9 Å². The van der Waals surface area contributed by atoms with Crippen LogP contribution in [0.1, 0.15) is 35.7 Å². The number of unbranched alkanes of at least 4 members (excludes halogenated alkanes) is 1. The zero-order valence-electron chi connectivity index (χ0n) is 14.0. The number of hydrogen-bond donors (Lipinski definition) is 1. The van der Waals surface area contributed by atoms with Gasteiger partial charge in [-0.15, -0.1) is 0 Å². The molecule has 1 aromatic heterocycles. The van der Waals surface area contributed by atoms with Gasteiger partial charge >= 0.3 is 0 Å². The highest BCUT2D eigenvalue weighted by Crippen LogP contribution is 2.29. The molecule has 0 spiro atoms. The van der Waals surface area contributed by atoms with Gasteiger partial charge in [-0.25, -0.2) is 26.9 Å². The second kappa shape index (κ2) is 7.59. The number of carbonyl (C=O) groups excluding carboxylic acids is 1. The zero-order chi connectivity index (χ0) is 19.7. The van der Waals surface area contributed by atoms with Crippen molar-refractivity contribution in [2.45, 2.75) is 26.2 Å². The molecule has 27 heavy (non-hydrogen) atoms. The largest absolute Gasteiger partial charge is 0.298 e. The average Bonchev–Trinajstić information content (AvgIpc) is 3.04. The van der Waals surface area contributed by atoms with Crippen molar-refractivity contribution < 1.29 is 26.7 Å². The van der Waals surface area contributed by atoms with Crippen LogP contribution in [0.25, 0.3) is 10.2 Å². The van der Waals surface area contributed by atoms with E-state index in [1.165, 1.54) is 0 Å². The monoisotopic (exact) mass is 400 g/mol. The van der Waals surface area contributed by atoms with Gasteiger partial charge in [0.2, 0.25) is 5.82 Å². The minimum atomic E-state index is -2.32. The van der Waals surface area contributed by atoms with E-state index in [2.05, 4.69) is 17.2 Å². The summed E-state index contributed by atoms with van der Waals surface area (Å²) in [5.74, 6) is -12.5. The molecule has 1 amide bonds. The molecule has 0 saturated heterocycles. The molecule has 1 heterocycles. The molecule has 0 radical (unpaired) electrons. The van der Waals surface area contributed by atoms with Crippen molar-refractivity contribution in [2.75, 3.05) is 5.32 Å². The van der Waals surface area contributed by atoms with Gasteiger partial charge in [-0.05, 0) is 30.5 Å². The number of nitrogens with one attached hydrogen (secondary N) is 1. The van der Waals surface area contributed by atoms with Crippen molar-refractivity contribution in [1.82, 2.24) is 4.98 Å². The number of aryl methyl sites for hydroxylation is 1. The first-order valence-electron chi connectivity index (χ1n) is 8.05. The molecule has 3 aromatic rings. The van der Waals surface area contributed by atoms with Crippen LogP contribution >= 0.6 is 11.3 Å². The quantitative estimate of drug-likeness (QED) is 0.345. The number of thiazole rings is 1. The maximum absolute atomic E-state index is 13.7. The summed E-state index contributed by atoms with van der Waals surface area (Å²) in [5, 5.41) is 2.09. The van der Waals surface area contributed by atoms with Gasteiger partial charge in [0.15, 0.2) is 28.4 Å². The SMILES string of the molecule is CCCCc1ccc2nc(NC(=O)c3c(F)c(F)c(F)c(F)c3F)sc2c1. The lowest BCUT2D eigenvalue weighted by atomic mass is 10.1. The van der Waals surface area contributed by atoms with Gasteiger partial charge in [-0.1, -0.05) is 30.7 Å². The first kappa shape index (κ1) is 19.2. The predicted octanol–water partition coefficient (Wildman–Crippen LogP) is 5.59. The molecule has 3 rings (SSSR count). The van der Waals surface area contributed by atoms with Crippen LogP contribution < -0.4 is 5.32 Å². The number of hydrogen-bond acceptors (Lipinski definition) is 3. The number of anilines is 1. The summed E-state index contributed by atoms with van der Waals surface area (Å²) in [6, 6.07) is 5.51. The van der Waals surface area contributed by atoms with E-state index < -0.39 is 40.6 Å². The Hall–Kier alpha value is -2.55. The molecule has 0 aliphatic rings. The summed E-state index contributed by atoms with van der Waals surface area (Å²) in [7, 11) is 0. The van der Waals surface area contributed by atoms with Gasteiger partial charge in [0.05, 0.1) is 10.2 Å². The first-order chi connectivity index (χ1) is 12.8. The van der Waals surface area contributed by atoms with E-state index in [-0.39, 0.29) is 5.13 Å². The number of carbonyl (C=O) groups is 1. The lowest BCUT2D eigenvalue weighted by Gasteiger charge is -2.07. The van der Waals surface area contributed by atoms with E-state index >= 15 is 0 Å². The molecule has 3 nitrogen and oxygen atoms in total. The van der Waals surface area contributed by atoms with Crippen LogP contribution in [0.5, 0.6) is 0 Å². The maximum atomic E-state index is 13.7. The Morgan fingerprint density at radius 3 is 2.30 bits per heavy atom. The third-order valence-corrected chi connectivity index (χ3v) is 4.86. The van der Waals surface area contributed by atoms with Gasteiger partial charge < -0.3 is 0 Å². The van der Waals surface area contributed by atoms with Crippen molar-refractivity contribution in [3.63, 3.8) is 0 Å². The van der Waals surface area contributed by atoms with Crippen molar-refractivity contribution in [3.05, 3.63) is 58.4 Å². The van der Waals surface area contributed by atoms with Crippen LogP contribution in [0.3, 0.4) is 0 Å². The second-order valence-electron chi connectivity index (χ2n) is 5.82. The van der Waals surface area contributed by atoms with Gasteiger partial charge in [0.25, 0.3) is 5.91 Å². The van der Waals surface area contributed by atoms with Crippen molar-refractivity contribution >= 4 is 32.6 Å². The van der Waals surface area contributed by atoms with E-state index in [4.69, 9.17) is 0 Å². The molecule has 142 valence electrons. The predicted molar refractivity (Wildman–Crippen MR) is 92.4 cm³/mol. The standard InChI is InChI=1S/C18H13F5N2OS/c1-2-3-4-8-5-6-9-10(7-8)27-18(24-9)25-17(26)11-12(19)14(21)16(23)15(22)13(11)20/h5-7H,2-4H2,1H3,(H,24,25,26). The van der Waals surface area contributed by atoms with E-state index in [9.17, 15) is 26.7 Å². The number of nitrogens with zero attached hydrogens (tertiary/aromatic N) is 1. The summed E-state index contributed by atoms with van der Waals surface area (Å²) in [4.78, 5) is 16.2. The molecule has 0 saturated carbocycles. The van der Waals surface area contributed by atoms with E-state index in [1.54, 1.807) is 6.07 Å². The van der Waals surface area contributed by atoms with E-state index in [0.29, 0.717) is 5.52 Å². The summed E-state index contributed by atoms with van der Waals surface area (Å²) in [5.41, 5.74) is 0.0768. The highest BCUT2D eigenvalue weighted by atomic mass is 32.1. The molecular weight excluding hydrogens is 387 g/mol. The number of amides is 1. The second-order valence-corrected chi connectivity index (χ2v) is 6.85. The topological polar surface area (TPSA) is 42.0 Å². The van der Waals surface area contributed by atoms with Gasteiger partial charge in [0.1, 0.15) is 5.56 Å². The molecule has 1 N–H and O–H groups in total. The molecule has 0 atom stereocenters. The third kappa shape index (κ3) is 3.64. The average molecular weight is 400 g/mol. The fourth-order valence-corrected chi connectivity index (χ4v) is 3.45. The van der Waals surface area contributed by atoms with Gasteiger partial charge in [-0.2, -0.15) is 0 Å². The smallest absolute Gasteiger partial charge is 0.263 e. The Kier molecular flexibility index (Phi) is 5.41. The van der Waals surface area contributed by atoms with Crippen molar-refractivity contribution in [2.24, 2.45) is 0 Å². The van der Waals surface area contributed by atoms with Crippen LogP contribution in [-0.2, 0) is 6.42 Å². The lowest BCUT2D eigenvalue weighted by Crippen LogP contribution is -2.19. The van der Waals surface area contributed by atoms with Crippen LogP contribution in [0.4, 0.5) is 27.1 Å². The van der Waals surface area contributed by atoms with Crippen LogP contribution in [0.15, 0.2) is 18.2 Å². The summed E-state index contributed by atoms with van der Waals surface area (Å²) >= 11 is 1.04. The van der Waals surface area contributed by atoms with Gasteiger partial charge in [-0.3, -0.25) is 10.1 Å². The number of fused-ring (bicyclic) bond motifs is 1. The minimum absolute atomic E-state index is 0.00779. The molecule has 9 heteroatoms. The first-order valence-corrected chi connectivity index (χ1v) is 8.87. The molecular formula is C18H13F5N2OS. The molecule has 0 fully saturated rings. The zero-order valence-corrected chi connectivity index (χ0v) is 14.8. The van der Waals surface area contributed by atoms with Crippen LogP contribution in [0, 0.1) is 29.1 Å². The molecule has 0 bridgehead atoms. The third-order valence-electron chi connectivity index (χ3n) is 3.93. The van der Waals surface area contributed by atoms with Gasteiger partial charge in [0, 0.05) is 0 Å². The normalized spacial score (nSPS) is 11.2. The minimum Gasteiger partial charge on any atom is -0.298 e. The summed E-state index contributed by atoms with van der Waals surface area (Å²) in [6.07, 6.45) is 2.91. The Labute approximate surface area is 154 Å². The molecule has 0 aliphatic heterocycles. The van der Waals surface area contributed by atoms with Crippen LogP contribution in [0.2, 0.25) is 0 Å². The lowest BCUT2D eigenvalue weighted by molar-refractivity contribution is 0.101. The Morgan fingerprint density at radius 2 is 1.67 bits per heavy atom. The fraction of sp³-hybridized carbons (Fsp3) is 0.222. The molecule has 0 unspecified atom stereocenters. The molecule has 2 aromatic carbocycles. The number of aromatic nitrogens is 1. The highest BCUT2D eigenvalue weighted by molar-refractivity contribution is 7.22. The number of benzene rings is 2. The maximum Gasteiger partial charge on any atom is 0.263 e. The molecule has 0 aliphatic carbocycles. The summed E-state index contributed by atoms with van der Waals surface area (Å²) in [6.45, 7) is 2.07. The van der Waals surface area contributed by atoms with Crippen molar-refractivity contribution in [3.8, 4) is 0 Å². The highest BCUT2D eigenvalue weighted by Gasteiger charge is 2.30. The number of rotatable bonds is 5. The van der Waals surface area contributed by atoms with Crippen molar-refractivity contribution in [1.29, 1.82) is 0 Å².